The summed E-state index contributed by atoms with van der Waals surface area (Å²) in [6.45, 7) is 8.25. The molecule has 1 aromatic heterocycles. The molecule has 1 heterocycles. The number of carbonyl (C=O) groups excluding carboxylic acids is 2. The molecule has 0 radical (unpaired) electrons. The summed E-state index contributed by atoms with van der Waals surface area (Å²) in [5.74, 6) is -0.0947. The molecule has 0 aliphatic carbocycles. The molecule has 1 unspecified atom stereocenters. The van der Waals surface area contributed by atoms with Crippen molar-refractivity contribution >= 4 is 39.8 Å². The van der Waals surface area contributed by atoms with Crippen LogP contribution in [0.2, 0.25) is 5.02 Å². The van der Waals surface area contributed by atoms with Crippen LogP contribution in [0.5, 0.6) is 5.75 Å². The quantitative estimate of drug-likeness (QED) is 0.717. The second-order valence-corrected chi connectivity index (χ2v) is 7.51. The van der Waals surface area contributed by atoms with Gasteiger partial charge in [-0.25, -0.2) is 0 Å². The highest BCUT2D eigenvalue weighted by Gasteiger charge is 2.25. The van der Waals surface area contributed by atoms with E-state index in [-0.39, 0.29) is 5.91 Å². The maximum Gasteiger partial charge on any atom is 0.265 e. The topological polar surface area (TPSA) is 82.4 Å². The lowest BCUT2D eigenvalue weighted by Gasteiger charge is -2.17. The summed E-state index contributed by atoms with van der Waals surface area (Å²) in [5, 5.41) is 13.1. The van der Waals surface area contributed by atoms with Gasteiger partial charge in [0, 0.05) is 18.1 Å². The highest BCUT2D eigenvalue weighted by Crippen LogP contribution is 2.33. The summed E-state index contributed by atoms with van der Waals surface area (Å²) >= 11 is 7.04. The van der Waals surface area contributed by atoms with Crippen molar-refractivity contribution in [2.45, 2.75) is 33.8 Å². The van der Waals surface area contributed by atoms with E-state index < -0.39 is 12.0 Å². The third-order valence-corrected chi connectivity index (χ3v) is 5.65. The van der Waals surface area contributed by atoms with Crippen molar-refractivity contribution in [2.24, 2.45) is 0 Å². The molecular formula is C20H22ClN3O3S. The number of carbonyl (C=O) groups is 2. The summed E-state index contributed by atoms with van der Waals surface area (Å²) in [7, 11) is 0. The Labute approximate surface area is 173 Å². The standard InChI is InChI=1S/C20H22ClN3O3S/c1-5-24(6-2)20(26)17-12(3)16(11-22)19(28-17)23-18(25)13(4)27-15-9-7-8-14(21)10-15/h7-10,13H,5-6H2,1-4H3,(H,23,25). The Bertz CT molecular complexity index is 916. The summed E-state index contributed by atoms with van der Waals surface area (Å²) < 4.78 is 5.61. The molecule has 1 atom stereocenters. The van der Waals surface area contributed by atoms with Gasteiger partial charge < -0.3 is 15.0 Å². The first-order valence-corrected chi connectivity index (χ1v) is 10.1. The first kappa shape index (κ1) is 21.7. The Morgan fingerprint density at radius 1 is 1.36 bits per heavy atom. The number of nitrogens with zero attached hydrogens (tertiary/aromatic N) is 2. The van der Waals surface area contributed by atoms with Crippen LogP contribution in [-0.2, 0) is 4.79 Å². The fraction of sp³-hybridized carbons (Fsp3) is 0.350. The zero-order valence-corrected chi connectivity index (χ0v) is 17.8. The summed E-state index contributed by atoms with van der Waals surface area (Å²) in [6.07, 6.45) is -0.811. The highest BCUT2D eigenvalue weighted by molar-refractivity contribution is 7.18. The number of amides is 2. The predicted octanol–water partition coefficient (Wildman–Crippen LogP) is 4.47. The number of ether oxygens (including phenoxy) is 1. The Hall–Kier alpha value is -2.56. The average Bonchev–Trinajstić information content (AvgIpc) is 2.97. The monoisotopic (exact) mass is 419 g/mol. The van der Waals surface area contributed by atoms with Crippen LogP contribution in [0.1, 0.15) is 41.6 Å². The average molecular weight is 420 g/mol. The Balaban J connectivity index is 2.21. The summed E-state index contributed by atoms with van der Waals surface area (Å²) in [6, 6.07) is 8.83. The van der Waals surface area contributed by atoms with Crippen molar-refractivity contribution < 1.29 is 14.3 Å². The number of nitrogens with one attached hydrogen (secondary N) is 1. The van der Waals surface area contributed by atoms with Crippen molar-refractivity contribution in [2.75, 3.05) is 18.4 Å². The van der Waals surface area contributed by atoms with Crippen LogP contribution >= 0.6 is 22.9 Å². The third kappa shape index (κ3) is 4.83. The molecule has 1 aromatic carbocycles. The Kier molecular flexibility index (Phi) is 7.44. The molecule has 2 amide bonds. The maximum atomic E-state index is 12.7. The van der Waals surface area contributed by atoms with Gasteiger partial charge in [0.05, 0.1) is 10.4 Å². The van der Waals surface area contributed by atoms with E-state index in [0.29, 0.717) is 44.9 Å². The van der Waals surface area contributed by atoms with Gasteiger partial charge in [-0.05, 0) is 51.5 Å². The largest absolute Gasteiger partial charge is 0.481 e. The normalized spacial score (nSPS) is 11.4. The minimum Gasteiger partial charge on any atom is -0.481 e. The van der Waals surface area contributed by atoms with Crippen LogP contribution in [0.3, 0.4) is 0 Å². The van der Waals surface area contributed by atoms with E-state index in [1.807, 2.05) is 13.8 Å². The van der Waals surface area contributed by atoms with Gasteiger partial charge in [-0.15, -0.1) is 11.3 Å². The molecule has 0 saturated heterocycles. The molecule has 0 aliphatic rings. The molecule has 6 nitrogen and oxygen atoms in total. The van der Waals surface area contributed by atoms with Gasteiger partial charge in [-0.3, -0.25) is 9.59 Å². The van der Waals surface area contributed by atoms with Crippen molar-refractivity contribution in [3.63, 3.8) is 0 Å². The first-order valence-electron chi connectivity index (χ1n) is 8.88. The minimum absolute atomic E-state index is 0.146. The van der Waals surface area contributed by atoms with E-state index >= 15 is 0 Å². The molecule has 1 N–H and O–H groups in total. The fourth-order valence-corrected chi connectivity index (χ4v) is 3.91. The van der Waals surface area contributed by atoms with Crippen LogP contribution in [0, 0.1) is 18.3 Å². The molecule has 28 heavy (non-hydrogen) atoms. The molecule has 0 aliphatic heterocycles. The van der Waals surface area contributed by atoms with Gasteiger partial charge in [0.2, 0.25) is 0 Å². The predicted molar refractivity (Wildman–Crippen MR) is 111 cm³/mol. The second kappa shape index (κ2) is 9.58. The van der Waals surface area contributed by atoms with Gasteiger partial charge in [-0.2, -0.15) is 5.26 Å². The van der Waals surface area contributed by atoms with E-state index in [1.54, 1.807) is 43.0 Å². The fourth-order valence-electron chi connectivity index (χ4n) is 2.61. The van der Waals surface area contributed by atoms with Crippen molar-refractivity contribution in [3.05, 3.63) is 45.3 Å². The van der Waals surface area contributed by atoms with Crippen LogP contribution in [0.25, 0.3) is 0 Å². The van der Waals surface area contributed by atoms with Crippen molar-refractivity contribution in [1.29, 1.82) is 5.26 Å². The van der Waals surface area contributed by atoms with Gasteiger partial charge in [0.15, 0.2) is 6.10 Å². The number of benzene rings is 1. The SMILES string of the molecule is CCN(CC)C(=O)c1sc(NC(=O)C(C)Oc2cccc(Cl)c2)c(C#N)c1C. The van der Waals surface area contributed by atoms with Crippen molar-refractivity contribution in [1.82, 2.24) is 4.90 Å². The lowest BCUT2D eigenvalue weighted by molar-refractivity contribution is -0.122. The first-order chi connectivity index (χ1) is 13.3. The number of anilines is 1. The van der Waals surface area contributed by atoms with Gasteiger partial charge >= 0.3 is 0 Å². The molecule has 0 fully saturated rings. The Morgan fingerprint density at radius 2 is 2.04 bits per heavy atom. The van der Waals surface area contributed by atoms with Gasteiger partial charge in [0.25, 0.3) is 11.8 Å². The van der Waals surface area contributed by atoms with Crippen molar-refractivity contribution in [3.8, 4) is 11.8 Å². The lowest BCUT2D eigenvalue weighted by Crippen LogP contribution is -2.30. The van der Waals surface area contributed by atoms with Crippen LogP contribution < -0.4 is 10.1 Å². The Morgan fingerprint density at radius 3 is 2.61 bits per heavy atom. The molecule has 148 valence electrons. The number of nitriles is 1. The molecular weight excluding hydrogens is 398 g/mol. The lowest BCUT2D eigenvalue weighted by atomic mass is 10.1. The number of thiophene rings is 1. The molecule has 8 heteroatoms. The summed E-state index contributed by atoms with van der Waals surface area (Å²) in [5.41, 5.74) is 0.868. The number of halogens is 1. The zero-order chi connectivity index (χ0) is 20.8. The van der Waals surface area contributed by atoms with E-state index in [1.165, 1.54) is 0 Å². The highest BCUT2D eigenvalue weighted by atomic mass is 35.5. The van der Waals surface area contributed by atoms with E-state index in [2.05, 4.69) is 11.4 Å². The van der Waals surface area contributed by atoms with E-state index in [9.17, 15) is 14.9 Å². The van der Waals surface area contributed by atoms with Crippen LogP contribution in [0.4, 0.5) is 5.00 Å². The second-order valence-electron chi connectivity index (χ2n) is 6.06. The molecule has 0 saturated carbocycles. The van der Waals surface area contributed by atoms with E-state index in [0.717, 1.165) is 11.3 Å². The third-order valence-electron chi connectivity index (χ3n) is 4.22. The molecule has 2 rings (SSSR count). The van der Waals surface area contributed by atoms with Crippen LogP contribution in [0.15, 0.2) is 24.3 Å². The number of hydrogen-bond acceptors (Lipinski definition) is 5. The molecule has 0 spiro atoms. The van der Waals surface area contributed by atoms with Gasteiger partial charge in [0.1, 0.15) is 16.8 Å². The minimum atomic E-state index is -0.811. The number of hydrogen-bond donors (Lipinski definition) is 1. The number of rotatable bonds is 7. The molecule has 2 aromatic rings. The smallest absolute Gasteiger partial charge is 0.265 e. The maximum absolute atomic E-state index is 12.7. The summed E-state index contributed by atoms with van der Waals surface area (Å²) in [4.78, 5) is 27.4. The van der Waals surface area contributed by atoms with E-state index in [4.69, 9.17) is 16.3 Å². The zero-order valence-electron chi connectivity index (χ0n) is 16.2. The van der Waals surface area contributed by atoms with Crippen LogP contribution in [-0.4, -0.2) is 35.9 Å². The van der Waals surface area contributed by atoms with Gasteiger partial charge in [-0.1, -0.05) is 17.7 Å². The molecule has 0 bridgehead atoms.